The smallest absolute Gasteiger partial charge is 0.329 e. The lowest BCUT2D eigenvalue weighted by Gasteiger charge is -2.19. The minimum absolute atomic E-state index is 0.00847. The highest BCUT2D eigenvalue weighted by Gasteiger charge is 2.29. The summed E-state index contributed by atoms with van der Waals surface area (Å²) in [6.07, 6.45) is 2.66. The van der Waals surface area contributed by atoms with Crippen LogP contribution in [0.5, 0.6) is 11.5 Å². The van der Waals surface area contributed by atoms with Gasteiger partial charge in [0.1, 0.15) is 12.1 Å². The van der Waals surface area contributed by atoms with E-state index < -0.39 is 30.7 Å². The molecule has 10 nitrogen and oxygen atoms in total. The van der Waals surface area contributed by atoms with Crippen LogP contribution in [0, 0.1) is 0 Å². The summed E-state index contributed by atoms with van der Waals surface area (Å²) in [6.45, 7) is 4.90. The maximum absolute atomic E-state index is 12.9. The molecular weight excluding hydrogens is 396 g/mol. The van der Waals surface area contributed by atoms with Crippen LogP contribution in [-0.4, -0.2) is 61.6 Å². The number of hydrogen-bond donors (Lipinski definition) is 1. The predicted molar refractivity (Wildman–Crippen MR) is 104 cm³/mol. The van der Waals surface area contributed by atoms with Gasteiger partial charge in [-0.15, -0.1) is 0 Å². The van der Waals surface area contributed by atoms with Crippen LogP contribution in [-0.2, 0) is 23.8 Å². The minimum Gasteiger partial charge on any atom is -0.493 e. The molecule has 0 spiro atoms. The highest BCUT2D eigenvalue weighted by Crippen LogP contribution is 2.29. The predicted octanol–water partition coefficient (Wildman–Crippen LogP) is 1.61. The number of amides is 1. The second-order valence-corrected chi connectivity index (χ2v) is 6.79. The van der Waals surface area contributed by atoms with Crippen molar-refractivity contribution >= 4 is 17.8 Å². The first-order valence-electron chi connectivity index (χ1n) is 9.77. The number of ether oxygens (including phenoxy) is 5. The molecule has 1 aromatic rings. The number of nitrogens with one attached hydrogen (secondary N) is 1. The zero-order valence-electron chi connectivity index (χ0n) is 17.6. The van der Waals surface area contributed by atoms with E-state index >= 15 is 0 Å². The van der Waals surface area contributed by atoms with Gasteiger partial charge in [0.05, 0.1) is 13.2 Å². The lowest BCUT2D eigenvalue weighted by molar-refractivity contribution is -0.151. The Labute approximate surface area is 175 Å². The Bertz CT molecular complexity index is 754. The molecule has 166 valence electrons. The standard InChI is InChI=1S/C20H28N2O8/c1-5-14-10-12(2)30-20(25)15(7-9-27-14)22-19(24)17-18(29-11-28-13(3)23)16(26-4)6-8-21-17/h6,8,12,14-15H,5,7,9-11H2,1-4H3,(H,22,24)/t12-,14+,15?/m0/s1. The number of nitrogens with zero attached hydrogens (tertiary/aromatic N) is 1. The van der Waals surface area contributed by atoms with E-state index in [1.807, 2.05) is 6.92 Å². The van der Waals surface area contributed by atoms with Crippen molar-refractivity contribution in [3.63, 3.8) is 0 Å². The molecule has 1 amide bonds. The lowest BCUT2D eigenvalue weighted by Crippen LogP contribution is -2.43. The zero-order valence-corrected chi connectivity index (χ0v) is 17.6. The minimum atomic E-state index is -0.912. The molecule has 3 atom stereocenters. The molecule has 1 unspecified atom stereocenters. The molecule has 1 aromatic heterocycles. The molecule has 10 heteroatoms. The maximum atomic E-state index is 12.9. The van der Waals surface area contributed by atoms with Gasteiger partial charge in [-0.1, -0.05) is 6.92 Å². The SMILES string of the molecule is CC[C@@H]1C[C@H](C)OC(=O)C(NC(=O)c2nccc(OC)c2OCOC(C)=O)CCO1. The summed E-state index contributed by atoms with van der Waals surface area (Å²) in [7, 11) is 1.40. The number of carbonyl (C=O) groups excluding carboxylic acids is 3. The van der Waals surface area contributed by atoms with Gasteiger partial charge in [-0.2, -0.15) is 0 Å². The largest absolute Gasteiger partial charge is 0.493 e. The number of methoxy groups -OCH3 is 1. The van der Waals surface area contributed by atoms with Crippen LogP contribution in [0.1, 0.15) is 50.5 Å². The fourth-order valence-electron chi connectivity index (χ4n) is 2.94. The maximum Gasteiger partial charge on any atom is 0.329 e. The number of rotatable bonds is 7. The topological polar surface area (TPSA) is 122 Å². The number of carbonyl (C=O) groups is 3. The Morgan fingerprint density at radius 1 is 1.37 bits per heavy atom. The van der Waals surface area contributed by atoms with E-state index in [1.54, 1.807) is 6.92 Å². The highest BCUT2D eigenvalue weighted by molar-refractivity contribution is 5.98. The fourth-order valence-corrected chi connectivity index (χ4v) is 2.94. The Morgan fingerprint density at radius 2 is 2.13 bits per heavy atom. The number of pyridine rings is 1. The van der Waals surface area contributed by atoms with E-state index in [4.69, 9.17) is 23.7 Å². The summed E-state index contributed by atoms with van der Waals surface area (Å²) in [5, 5.41) is 2.63. The van der Waals surface area contributed by atoms with Crippen LogP contribution >= 0.6 is 0 Å². The third-order valence-corrected chi connectivity index (χ3v) is 4.49. The summed E-state index contributed by atoms with van der Waals surface area (Å²) < 4.78 is 26.6. The average Bonchev–Trinajstić information content (AvgIpc) is 2.77. The quantitative estimate of drug-likeness (QED) is 0.514. The van der Waals surface area contributed by atoms with Crippen LogP contribution < -0.4 is 14.8 Å². The van der Waals surface area contributed by atoms with Gasteiger partial charge in [0.25, 0.3) is 5.91 Å². The number of hydrogen-bond acceptors (Lipinski definition) is 9. The molecule has 0 aromatic carbocycles. The van der Waals surface area contributed by atoms with Gasteiger partial charge in [0.2, 0.25) is 6.79 Å². The number of esters is 2. The van der Waals surface area contributed by atoms with E-state index in [1.165, 1.54) is 26.3 Å². The van der Waals surface area contributed by atoms with Crippen LogP contribution in [0.25, 0.3) is 0 Å². The van der Waals surface area contributed by atoms with E-state index in [-0.39, 0.29) is 35.8 Å². The molecule has 2 heterocycles. The second kappa shape index (κ2) is 11.3. The van der Waals surface area contributed by atoms with Crippen molar-refractivity contribution in [3.8, 4) is 11.5 Å². The van der Waals surface area contributed by atoms with E-state index in [2.05, 4.69) is 10.3 Å². The van der Waals surface area contributed by atoms with Crippen molar-refractivity contribution in [3.05, 3.63) is 18.0 Å². The molecule has 0 saturated carbocycles. The van der Waals surface area contributed by atoms with Crippen molar-refractivity contribution in [1.82, 2.24) is 10.3 Å². The first kappa shape index (κ1) is 23.4. The van der Waals surface area contributed by atoms with E-state index in [9.17, 15) is 14.4 Å². The Morgan fingerprint density at radius 3 is 2.80 bits per heavy atom. The van der Waals surface area contributed by atoms with Gasteiger partial charge in [0, 0.05) is 38.6 Å². The van der Waals surface area contributed by atoms with Gasteiger partial charge < -0.3 is 29.0 Å². The Kier molecular flexibility index (Phi) is 8.85. The molecule has 1 aliphatic rings. The molecule has 1 N–H and O–H groups in total. The third-order valence-electron chi connectivity index (χ3n) is 4.49. The first-order valence-corrected chi connectivity index (χ1v) is 9.77. The normalized spacial score (nSPS) is 22.0. The molecule has 0 radical (unpaired) electrons. The summed E-state index contributed by atoms with van der Waals surface area (Å²) in [4.78, 5) is 40.4. The summed E-state index contributed by atoms with van der Waals surface area (Å²) in [6, 6.07) is 0.582. The molecule has 0 aliphatic carbocycles. The van der Waals surface area contributed by atoms with Crippen LogP contribution in [0.4, 0.5) is 0 Å². The fraction of sp³-hybridized carbons (Fsp3) is 0.600. The molecule has 0 bridgehead atoms. The van der Waals surface area contributed by atoms with E-state index in [0.29, 0.717) is 13.0 Å². The van der Waals surface area contributed by atoms with Crippen LogP contribution in [0.15, 0.2) is 12.3 Å². The summed E-state index contributed by atoms with van der Waals surface area (Å²) >= 11 is 0. The van der Waals surface area contributed by atoms with Crippen molar-refractivity contribution in [2.45, 2.75) is 58.3 Å². The zero-order chi connectivity index (χ0) is 22.1. The van der Waals surface area contributed by atoms with E-state index in [0.717, 1.165) is 6.42 Å². The van der Waals surface area contributed by atoms with Crippen molar-refractivity contribution in [1.29, 1.82) is 0 Å². The second-order valence-electron chi connectivity index (χ2n) is 6.79. The van der Waals surface area contributed by atoms with Crippen molar-refractivity contribution < 1.29 is 38.1 Å². The highest BCUT2D eigenvalue weighted by atomic mass is 16.7. The number of cyclic esters (lactones) is 1. The lowest BCUT2D eigenvalue weighted by atomic mass is 10.1. The molecule has 30 heavy (non-hydrogen) atoms. The van der Waals surface area contributed by atoms with Gasteiger partial charge >= 0.3 is 11.9 Å². The van der Waals surface area contributed by atoms with Crippen LogP contribution in [0.3, 0.4) is 0 Å². The Hall–Kier alpha value is -2.88. The monoisotopic (exact) mass is 424 g/mol. The Balaban J connectivity index is 2.16. The van der Waals surface area contributed by atoms with Gasteiger partial charge in [-0.25, -0.2) is 9.78 Å². The third kappa shape index (κ3) is 6.58. The number of aromatic nitrogens is 1. The summed E-state index contributed by atoms with van der Waals surface area (Å²) in [5.41, 5.74) is -0.116. The van der Waals surface area contributed by atoms with Gasteiger partial charge in [-0.05, 0) is 13.3 Å². The molecule has 1 aliphatic heterocycles. The molecule has 2 rings (SSSR count). The van der Waals surface area contributed by atoms with Gasteiger partial charge in [0.15, 0.2) is 17.2 Å². The van der Waals surface area contributed by atoms with Gasteiger partial charge in [-0.3, -0.25) is 9.59 Å². The molecule has 1 fully saturated rings. The first-order chi connectivity index (χ1) is 14.3. The average molecular weight is 424 g/mol. The van der Waals surface area contributed by atoms with Crippen LogP contribution in [0.2, 0.25) is 0 Å². The molecule has 1 saturated heterocycles. The molecular formula is C20H28N2O8. The van der Waals surface area contributed by atoms with Crippen molar-refractivity contribution in [2.24, 2.45) is 0 Å². The summed E-state index contributed by atoms with van der Waals surface area (Å²) in [5.74, 6) is -1.53. The van der Waals surface area contributed by atoms with Crippen molar-refractivity contribution in [2.75, 3.05) is 20.5 Å².